The largest absolute Gasteiger partial charge is 0.468 e. The van der Waals surface area contributed by atoms with Crippen molar-refractivity contribution in [1.82, 2.24) is 19.6 Å². The van der Waals surface area contributed by atoms with Crippen LogP contribution in [0.5, 0.6) is 5.88 Å². The van der Waals surface area contributed by atoms with E-state index in [-0.39, 0.29) is 28.6 Å². The monoisotopic (exact) mass is 1000 g/mol. The van der Waals surface area contributed by atoms with Crippen LogP contribution in [0.3, 0.4) is 0 Å². The third-order valence-corrected chi connectivity index (χ3v) is 18.4. The zero-order valence-electron chi connectivity index (χ0n) is 41.6. The number of pyridine rings is 1. The lowest BCUT2D eigenvalue weighted by Crippen LogP contribution is -2.64. The van der Waals surface area contributed by atoms with Gasteiger partial charge in [0.25, 0.3) is 21.6 Å². The molecule has 6 aliphatic rings. The van der Waals surface area contributed by atoms with Gasteiger partial charge in [0.2, 0.25) is 5.88 Å². The Balaban J connectivity index is 0.864. The molecule has 382 valence electrons. The Labute approximate surface area is 422 Å². The number of amides is 1. The second kappa shape index (κ2) is 19.3. The third-order valence-electron chi connectivity index (χ3n) is 17.0. The van der Waals surface area contributed by atoms with Gasteiger partial charge in [-0.05, 0) is 141 Å². The first kappa shape index (κ1) is 48.5. The summed E-state index contributed by atoms with van der Waals surface area (Å²) < 4.78 is 43.1. The summed E-state index contributed by atoms with van der Waals surface area (Å²) in [6.45, 7) is 11.5. The summed E-state index contributed by atoms with van der Waals surface area (Å²) in [6.07, 6.45) is 11.9. The smallest absolute Gasteiger partial charge is 0.293 e. The molecule has 5 aromatic rings. The van der Waals surface area contributed by atoms with Crippen LogP contribution in [0.1, 0.15) is 125 Å². The highest BCUT2D eigenvalue weighted by atomic mass is 32.2. The van der Waals surface area contributed by atoms with Gasteiger partial charge in [0.15, 0.2) is 0 Å². The van der Waals surface area contributed by atoms with Gasteiger partial charge in [0.05, 0.1) is 39.3 Å². The first-order valence-electron chi connectivity index (χ1n) is 26.2. The van der Waals surface area contributed by atoms with Crippen molar-refractivity contribution in [1.29, 1.82) is 0 Å². The molecule has 2 saturated carbocycles. The van der Waals surface area contributed by atoms with Crippen molar-refractivity contribution in [3.63, 3.8) is 0 Å². The molecule has 4 aliphatic heterocycles. The maximum absolute atomic E-state index is 14.7. The highest BCUT2D eigenvalue weighted by Gasteiger charge is 2.49. The molecule has 0 unspecified atom stereocenters. The van der Waals surface area contributed by atoms with Crippen LogP contribution in [0.4, 0.5) is 28.4 Å². The van der Waals surface area contributed by atoms with Crippen LogP contribution in [-0.4, -0.2) is 109 Å². The van der Waals surface area contributed by atoms with Gasteiger partial charge in [-0.3, -0.25) is 19.8 Å². The van der Waals surface area contributed by atoms with Crippen LogP contribution >= 0.6 is 0 Å². The highest BCUT2D eigenvalue weighted by Crippen LogP contribution is 2.50. The molecule has 4 N–H and O–H groups in total. The number of likely N-dealkylation sites (tertiary alicyclic amines) is 1. The number of fused-ring (bicyclic) bond motifs is 3. The first-order chi connectivity index (χ1) is 34.6. The molecule has 0 radical (unpaired) electrons. The Bertz CT molecular complexity index is 2950. The zero-order chi connectivity index (χ0) is 49.9. The summed E-state index contributed by atoms with van der Waals surface area (Å²) in [7, 11) is -4.61. The zero-order valence-corrected chi connectivity index (χ0v) is 42.5. The molecule has 2 aromatic heterocycles. The minimum Gasteiger partial charge on any atom is -0.468 e. The number of hydrogen-bond acceptors (Lipinski definition) is 13. The van der Waals surface area contributed by atoms with E-state index < -0.39 is 43.1 Å². The number of carbonyl (C=O) groups is 1. The number of benzene rings is 3. The molecule has 4 atom stereocenters. The van der Waals surface area contributed by atoms with Crippen molar-refractivity contribution in [3.05, 3.63) is 106 Å². The Morgan fingerprint density at radius 1 is 0.944 bits per heavy atom. The summed E-state index contributed by atoms with van der Waals surface area (Å²) >= 11 is 0. The summed E-state index contributed by atoms with van der Waals surface area (Å²) in [5.74, 6) is 0.755. The topological polar surface area (TPSA) is 196 Å². The average molecular weight is 1000 g/mol. The van der Waals surface area contributed by atoms with Gasteiger partial charge in [-0.15, -0.1) is 0 Å². The van der Waals surface area contributed by atoms with Gasteiger partial charge in [-0.25, -0.2) is 13.1 Å². The van der Waals surface area contributed by atoms with Crippen molar-refractivity contribution in [2.45, 2.75) is 132 Å². The van der Waals surface area contributed by atoms with E-state index >= 15 is 0 Å². The molecule has 11 rings (SSSR count). The van der Waals surface area contributed by atoms with Crippen molar-refractivity contribution in [2.75, 3.05) is 61.1 Å². The Hall–Kier alpha value is -5.75. The second-order valence-corrected chi connectivity index (χ2v) is 23.9. The van der Waals surface area contributed by atoms with Gasteiger partial charge in [-0.2, -0.15) is 4.98 Å². The van der Waals surface area contributed by atoms with E-state index in [1.807, 2.05) is 37.4 Å². The maximum Gasteiger partial charge on any atom is 0.293 e. The standard InChI is InChI=1S/C55H68N8O8S/c1-35(2)40-8-4-5-9-41(40)42-10-6-7-11-45(42)61-33-55(34-61)22-25-60(26-23-55)38-12-14-43(47(29-38)62-46-19-27-70-32-50(46)71-53-49(62)28-37-18-24-56-51(37)58-53)52(64)59-72(68,69)39-13-15-44(48(30-39)63(66)67)57-31-36-16-20-54(3,65)21-17-36/h4-5,8-9,12-15,18,24,28-30,35-36,42,45-46,50,57,65H,6-7,10-11,16-17,19-23,25-27,31-34H2,1-3H3,(H,56,58)(H,59,64)/t36-,42-,45-,46-,50-,54-/m0/s1. The quantitative estimate of drug-likeness (QED) is 0.0683. The summed E-state index contributed by atoms with van der Waals surface area (Å²) in [5, 5.41) is 26.8. The molecule has 5 fully saturated rings. The number of ether oxygens (including phenoxy) is 2. The lowest BCUT2D eigenvalue weighted by Gasteiger charge is -2.58. The number of aromatic nitrogens is 2. The molecule has 3 aromatic carbocycles. The fraction of sp³-hybridized carbons (Fsp3) is 0.527. The number of H-pyrrole nitrogens is 1. The molecule has 0 bridgehead atoms. The summed E-state index contributed by atoms with van der Waals surface area (Å²) in [4.78, 5) is 41.4. The molecule has 2 aliphatic carbocycles. The van der Waals surface area contributed by atoms with Crippen LogP contribution < -0.4 is 24.6 Å². The molecule has 3 saturated heterocycles. The number of sulfonamides is 1. The van der Waals surface area contributed by atoms with E-state index in [0.29, 0.717) is 79.8 Å². The number of hydrogen-bond donors (Lipinski definition) is 4. The lowest BCUT2D eigenvalue weighted by atomic mass is 9.68. The van der Waals surface area contributed by atoms with Gasteiger partial charge in [0, 0.05) is 68.7 Å². The molecule has 1 spiro atoms. The SMILES string of the molecule is CC(C)c1ccccc1[C@@H]1CCCC[C@@H]1N1CC2(CCN(c3ccc(C(=O)NS(=O)(=O)c4ccc(NC[C@H]5CC[C@](C)(O)CC5)c([N+](=O)[O-])c4)c(N4c5cc6cc[nH]c6nc5O[C@H]5COCC[C@@H]54)c3)CC2)C1. The number of nitrogens with zero attached hydrogens (tertiary/aromatic N) is 5. The molecular weight excluding hydrogens is 933 g/mol. The van der Waals surface area contributed by atoms with E-state index in [2.05, 4.69) is 67.8 Å². The Kier molecular flexibility index (Phi) is 13.0. The first-order valence-corrected chi connectivity index (χ1v) is 27.7. The van der Waals surface area contributed by atoms with Crippen LogP contribution in [0.25, 0.3) is 11.0 Å². The van der Waals surface area contributed by atoms with Crippen LogP contribution in [0, 0.1) is 21.4 Å². The van der Waals surface area contributed by atoms with E-state index in [1.54, 1.807) is 6.07 Å². The predicted molar refractivity (Wildman–Crippen MR) is 278 cm³/mol. The number of nitrogens with one attached hydrogen (secondary N) is 3. The lowest BCUT2D eigenvalue weighted by molar-refractivity contribution is -0.384. The number of aliphatic hydroxyl groups is 1. The fourth-order valence-corrected chi connectivity index (χ4v) is 13.9. The van der Waals surface area contributed by atoms with Crippen molar-refractivity contribution in [2.24, 2.45) is 11.3 Å². The van der Waals surface area contributed by atoms with Crippen LogP contribution in [0.15, 0.2) is 83.9 Å². The van der Waals surface area contributed by atoms with Gasteiger partial charge in [0.1, 0.15) is 23.1 Å². The van der Waals surface area contributed by atoms with Gasteiger partial charge in [-0.1, -0.05) is 51.0 Å². The third kappa shape index (κ3) is 9.41. The van der Waals surface area contributed by atoms with Crippen molar-refractivity contribution < 1.29 is 32.7 Å². The Morgan fingerprint density at radius 2 is 1.72 bits per heavy atom. The molecule has 16 nitrogen and oxygen atoms in total. The maximum atomic E-state index is 14.7. The number of anilines is 4. The number of rotatable bonds is 12. The van der Waals surface area contributed by atoms with Crippen LogP contribution in [-0.2, 0) is 14.8 Å². The molecule has 1 amide bonds. The Morgan fingerprint density at radius 3 is 2.50 bits per heavy atom. The number of nitro groups is 1. The second-order valence-electron chi connectivity index (χ2n) is 22.2. The van der Waals surface area contributed by atoms with E-state index in [0.717, 1.165) is 69.0 Å². The number of nitro benzene ring substituents is 1. The van der Waals surface area contributed by atoms with Crippen molar-refractivity contribution in [3.8, 4) is 5.88 Å². The molecule has 17 heteroatoms. The van der Waals surface area contributed by atoms with Crippen molar-refractivity contribution >= 4 is 55.4 Å². The van der Waals surface area contributed by atoms with Crippen LogP contribution in [0.2, 0.25) is 0 Å². The average Bonchev–Trinajstić information content (AvgIpc) is 3.83. The number of carbonyl (C=O) groups excluding carboxylic acids is 1. The fourth-order valence-electron chi connectivity index (χ4n) is 12.9. The highest BCUT2D eigenvalue weighted by molar-refractivity contribution is 7.90. The van der Waals surface area contributed by atoms with E-state index in [4.69, 9.17) is 14.5 Å². The van der Waals surface area contributed by atoms with E-state index in [9.17, 15) is 28.4 Å². The summed E-state index contributed by atoms with van der Waals surface area (Å²) in [5.41, 5.74) is 5.19. The summed E-state index contributed by atoms with van der Waals surface area (Å²) in [6, 6.07) is 22.6. The predicted octanol–water partition coefficient (Wildman–Crippen LogP) is 9.38. The molecule has 72 heavy (non-hydrogen) atoms. The molecular formula is C55H68N8O8S. The minimum absolute atomic E-state index is 0.123. The normalized spacial score (nSPS) is 26.4. The van der Waals surface area contributed by atoms with Gasteiger partial charge >= 0.3 is 0 Å². The number of piperidine rings is 1. The number of aromatic amines is 1. The van der Waals surface area contributed by atoms with E-state index in [1.165, 1.54) is 48.9 Å². The van der Waals surface area contributed by atoms with Gasteiger partial charge < -0.3 is 34.7 Å². The minimum atomic E-state index is -4.61. The molecule has 6 heterocycles.